The number of rotatable bonds is 8. The van der Waals surface area contributed by atoms with Crippen LogP contribution in [0.4, 0.5) is 5.69 Å². The van der Waals surface area contributed by atoms with E-state index in [9.17, 15) is 9.59 Å². The maximum absolute atomic E-state index is 12.4. The molecule has 2 amide bonds. The highest BCUT2D eigenvalue weighted by molar-refractivity contribution is 6.05. The summed E-state index contributed by atoms with van der Waals surface area (Å²) in [5, 5.41) is 6.87. The zero-order valence-electron chi connectivity index (χ0n) is 19.3. The Kier molecular flexibility index (Phi) is 7.66. The molecule has 0 bridgehead atoms. The number of anilines is 1. The second-order valence-corrected chi connectivity index (χ2v) is 7.89. The van der Waals surface area contributed by atoms with E-state index in [0.717, 1.165) is 22.4 Å². The Morgan fingerprint density at radius 3 is 2.20 bits per heavy atom. The van der Waals surface area contributed by atoms with Crippen molar-refractivity contribution in [2.24, 2.45) is 5.10 Å². The van der Waals surface area contributed by atoms with Crippen LogP contribution in [-0.4, -0.2) is 18.0 Å². The Hall–Kier alpha value is -4.71. The highest BCUT2D eigenvalue weighted by Gasteiger charge is 2.09. The van der Waals surface area contributed by atoms with E-state index in [4.69, 9.17) is 4.74 Å². The molecule has 0 heterocycles. The quantitative estimate of drug-likeness (QED) is 0.264. The van der Waals surface area contributed by atoms with Crippen LogP contribution >= 0.6 is 0 Å². The van der Waals surface area contributed by atoms with Gasteiger partial charge in [-0.2, -0.15) is 5.10 Å². The lowest BCUT2D eigenvalue weighted by Gasteiger charge is -2.08. The molecule has 4 aromatic rings. The van der Waals surface area contributed by atoms with Gasteiger partial charge in [0.1, 0.15) is 12.4 Å². The summed E-state index contributed by atoms with van der Waals surface area (Å²) in [6.45, 7) is 2.38. The molecule has 0 aliphatic heterocycles. The van der Waals surface area contributed by atoms with Gasteiger partial charge in [0.25, 0.3) is 11.8 Å². The van der Waals surface area contributed by atoms with Crippen LogP contribution in [0.3, 0.4) is 0 Å². The van der Waals surface area contributed by atoms with E-state index in [1.807, 2.05) is 79.7 Å². The van der Waals surface area contributed by atoms with E-state index in [1.54, 1.807) is 36.5 Å². The monoisotopic (exact) mass is 463 g/mol. The molecule has 0 atom stereocenters. The second-order valence-electron chi connectivity index (χ2n) is 7.89. The predicted octanol–water partition coefficient (Wildman–Crippen LogP) is 5.59. The van der Waals surface area contributed by atoms with Crippen LogP contribution in [0.15, 0.2) is 108 Å². The molecule has 0 saturated carbocycles. The van der Waals surface area contributed by atoms with Crippen LogP contribution in [0.2, 0.25) is 0 Å². The fourth-order valence-electron chi connectivity index (χ4n) is 3.35. The van der Waals surface area contributed by atoms with Crippen LogP contribution in [0, 0.1) is 6.92 Å². The lowest BCUT2D eigenvalue weighted by molar-refractivity contribution is 0.0954. The number of ether oxygens (including phenoxy) is 1. The fraction of sp³-hybridized carbons (Fsp3) is 0.0690. The first-order valence-corrected chi connectivity index (χ1v) is 11.2. The number of amides is 2. The summed E-state index contributed by atoms with van der Waals surface area (Å²) in [5.74, 6) is 0.215. The predicted molar refractivity (Wildman–Crippen MR) is 138 cm³/mol. The molecule has 0 saturated heterocycles. The Labute approximate surface area is 204 Å². The van der Waals surface area contributed by atoms with Crippen LogP contribution in [0.25, 0.3) is 0 Å². The van der Waals surface area contributed by atoms with Crippen molar-refractivity contribution >= 4 is 23.7 Å². The SMILES string of the molecule is Cc1ccccc1C(=O)Nc1ccc(C(=O)NN=Cc2ccc(OCc3ccccc3)cc2)cc1. The Morgan fingerprint density at radius 2 is 1.49 bits per heavy atom. The summed E-state index contributed by atoms with van der Waals surface area (Å²) in [6.07, 6.45) is 1.57. The molecule has 0 unspecified atom stereocenters. The van der Waals surface area contributed by atoms with Crippen LogP contribution < -0.4 is 15.5 Å². The first kappa shape index (κ1) is 23.4. The normalized spacial score (nSPS) is 10.7. The van der Waals surface area contributed by atoms with E-state index >= 15 is 0 Å². The molecule has 35 heavy (non-hydrogen) atoms. The van der Waals surface area contributed by atoms with Crippen LogP contribution in [0.5, 0.6) is 5.75 Å². The molecular weight excluding hydrogens is 438 g/mol. The average molecular weight is 464 g/mol. The van der Waals surface area contributed by atoms with Crippen LogP contribution in [-0.2, 0) is 6.61 Å². The number of aryl methyl sites for hydroxylation is 1. The molecule has 0 fully saturated rings. The highest BCUT2D eigenvalue weighted by atomic mass is 16.5. The standard InChI is InChI=1S/C29H25N3O3/c1-21-7-5-6-10-27(21)29(34)31-25-15-13-24(14-16-25)28(33)32-30-19-22-11-17-26(18-12-22)35-20-23-8-3-2-4-9-23/h2-19H,20H2,1H3,(H,31,34)(H,32,33). The third kappa shape index (κ3) is 6.65. The number of nitrogens with one attached hydrogen (secondary N) is 2. The van der Waals surface area contributed by atoms with Gasteiger partial charge in [0.15, 0.2) is 0 Å². The van der Waals surface area contributed by atoms with Crippen molar-refractivity contribution in [1.82, 2.24) is 5.43 Å². The number of carbonyl (C=O) groups excluding carboxylic acids is 2. The van der Waals surface area contributed by atoms with Crippen molar-refractivity contribution in [1.29, 1.82) is 0 Å². The van der Waals surface area contributed by atoms with Gasteiger partial charge in [0, 0.05) is 16.8 Å². The number of hydrogen-bond donors (Lipinski definition) is 2. The maximum Gasteiger partial charge on any atom is 0.271 e. The summed E-state index contributed by atoms with van der Waals surface area (Å²) in [5.41, 5.74) is 6.98. The van der Waals surface area contributed by atoms with Crippen molar-refractivity contribution in [2.45, 2.75) is 13.5 Å². The molecule has 0 aromatic heterocycles. The second kappa shape index (κ2) is 11.4. The largest absolute Gasteiger partial charge is 0.489 e. The van der Waals surface area contributed by atoms with Crippen molar-refractivity contribution in [3.8, 4) is 5.75 Å². The smallest absolute Gasteiger partial charge is 0.271 e. The molecule has 0 aliphatic rings. The van der Waals surface area contributed by atoms with Gasteiger partial charge in [-0.15, -0.1) is 0 Å². The molecule has 174 valence electrons. The summed E-state index contributed by atoms with van der Waals surface area (Å²) < 4.78 is 5.77. The zero-order valence-corrected chi connectivity index (χ0v) is 19.3. The summed E-state index contributed by atoms with van der Waals surface area (Å²) in [4.78, 5) is 24.8. The van der Waals surface area contributed by atoms with E-state index in [0.29, 0.717) is 23.4 Å². The van der Waals surface area contributed by atoms with Crippen molar-refractivity contribution < 1.29 is 14.3 Å². The van der Waals surface area contributed by atoms with E-state index in [-0.39, 0.29) is 11.8 Å². The number of benzene rings is 4. The minimum Gasteiger partial charge on any atom is -0.489 e. The van der Waals surface area contributed by atoms with Gasteiger partial charge in [0.2, 0.25) is 0 Å². The fourth-order valence-corrected chi connectivity index (χ4v) is 3.35. The van der Waals surface area contributed by atoms with Crippen LogP contribution in [0.1, 0.15) is 37.4 Å². The molecule has 6 nitrogen and oxygen atoms in total. The van der Waals surface area contributed by atoms with E-state index in [2.05, 4.69) is 15.8 Å². The number of nitrogens with zero attached hydrogens (tertiary/aromatic N) is 1. The highest BCUT2D eigenvalue weighted by Crippen LogP contribution is 2.15. The van der Waals surface area contributed by atoms with Gasteiger partial charge in [-0.05, 0) is 78.2 Å². The first-order chi connectivity index (χ1) is 17.1. The van der Waals surface area contributed by atoms with Gasteiger partial charge in [0.05, 0.1) is 6.21 Å². The molecule has 4 rings (SSSR count). The molecule has 0 spiro atoms. The lowest BCUT2D eigenvalue weighted by atomic mass is 10.1. The van der Waals surface area contributed by atoms with E-state index < -0.39 is 0 Å². The minimum atomic E-state index is -0.346. The molecule has 4 aromatic carbocycles. The zero-order chi connectivity index (χ0) is 24.5. The van der Waals surface area contributed by atoms with Gasteiger partial charge >= 0.3 is 0 Å². The molecule has 2 N–H and O–H groups in total. The third-order valence-corrected chi connectivity index (χ3v) is 5.30. The van der Waals surface area contributed by atoms with Gasteiger partial charge in [-0.3, -0.25) is 9.59 Å². The lowest BCUT2D eigenvalue weighted by Crippen LogP contribution is -2.18. The van der Waals surface area contributed by atoms with Crippen molar-refractivity contribution in [2.75, 3.05) is 5.32 Å². The van der Waals surface area contributed by atoms with Gasteiger partial charge in [-0.25, -0.2) is 5.43 Å². The molecule has 0 aliphatic carbocycles. The van der Waals surface area contributed by atoms with E-state index in [1.165, 1.54) is 0 Å². The summed E-state index contributed by atoms with van der Waals surface area (Å²) in [7, 11) is 0. The number of carbonyl (C=O) groups is 2. The van der Waals surface area contributed by atoms with Crippen molar-refractivity contribution in [3.63, 3.8) is 0 Å². The summed E-state index contributed by atoms with van der Waals surface area (Å²) >= 11 is 0. The maximum atomic E-state index is 12.4. The summed E-state index contributed by atoms with van der Waals surface area (Å²) in [6, 6.07) is 31.4. The van der Waals surface area contributed by atoms with Gasteiger partial charge in [-0.1, -0.05) is 48.5 Å². The molecule has 6 heteroatoms. The Balaban J connectivity index is 1.27. The average Bonchev–Trinajstić information content (AvgIpc) is 2.89. The molecular formula is C29H25N3O3. The third-order valence-electron chi connectivity index (χ3n) is 5.30. The van der Waals surface area contributed by atoms with Gasteiger partial charge < -0.3 is 10.1 Å². The molecule has 0 radical (unpaired) electrons. The topological polar surface area (TPSA) is 79.8 Å². The first-order valence-electron chi connectivity index (χ1n) is 11.2. The number of hydrazone groups is 1. The Morgan fingerprint density at radius 1 is 0.800 bits per heavy atom. The number of hydrogen-bond acceptors (Lipinski definition) is 4. The Bertz CT molecular complexity index is 1320. The van der Waals surface area contributed by atoms with Crippen molar-refractivity contribution in [3.05, 3.63) is 131 Å². The minimum absolute atomic E-state index is 0.193.